The highest BCUT2D eigenvalue weighted by Gasteiger charge is 2.43. The van der Waals surface area contributed by atoms with E-state index in [0.29, 0.717) is 37.3 Å². The zero-order chi connectivity index (χ0) is 30.0. The number of aryl methyl sites for hydroxylation is 1. The van der Waals surface area contributed by atoms with E-state index in [1.807, 2.05) is 19.1 Å². The fourth-order valence-electron chi connectivity index (χ4n) is 7.13. The molecule has 1 saturated heterocycles. The molecule has 0 spiro atoms. The molecule has 1 saturated carbocycles. The lowest BCUT2D eigenvalue weighted by Crippen LogP contribution is -2.40. The summed E-state index contributed by atoms with van der Waals surface area (Å²) in [5.74, 6) is -2.71. The van der Waals surface area contributed by atoms with Gasteiger partial charge in [0.2, 0.25) is 0 Å². The quantitative estimate of drug-likeness (QED) is 0.343. The summed E-state index contributed by atoms with van der Waals surface area (Å²) in [6, 6.07) is 10.6. The van der Waals surface area contributed by atoms with Crippen molar-refractivity contribution in [3.63, 3.8) is 0 Å². The van der Waals surface area contributed by atoms with Gasteiger partial charge in [-0.3, -0.25) is 9.36 Å². The summed E-state index contributed by atoms with van der Waals surface area (Å²) in [4.78, 5) is 25.2. The van der Waals surface area contributed by atoms with Crippen LogP contribution in [0.25, 0.3) is 11.0 Å². The topological polar surface area (TPSA) is 86.8 Å². The van der Waals surface area contributed by atoms with Gasteiger partial charge in [-0.05, 0) is 88.2 Å². The Bertz CT molecular complexity index is 1540. The Morgan fingerprint density at radius 1 is 1.02 bits per heavy atom. The van der Waals surface area contributed by atoms with Gasteiger partial charge >= 0.3 is 0 Å². The number of hydrogen-bond donors (Lipinski definition) is 1. The Balaban J connectivity index is 1.36. The Morgan fingerprint density at radius 2 is 1.77 bits per heavy atom. The number of hydrogen-bond acceptors (Lipinski definition) is 6. The molecular formula is C34H42F2N6O. The molecule has 228 valence electrons. The van der Waals surface area contributed by atoms with E-state index in [1.165, 1.54) is 6.33 Å². The van der Waals surface area contributed by atoms with E-state index in [-0.39, 0.29) is 29.0 Å². The highest BCUT2D eigenvalue weighted by molar-refractivity contribution is 5.87. The fraction of sp³-hybridized carbons (Fsp3) is 0.588. The van der Waals surface area contributed by atoms with Gasteiger partial charge in [0.1, 0.15) is 17.8 Å². The fourth-order valence-corrected chi connectivity index (χ4v) is 7.13. The van der Waals surface area contributed by atoms with Gasteiger partial charge in [-0.1, -0.05) is 43.9 Å². The van der Waals surface area contributed by atoms with E-state index in [9.17, 15) is 10.1 Å². The molecule has 1 N–H and O–H groups in total. The number of benzene rings is 1. The first-order chi connectivity index (χ1) is 20.9. The summed E-state index contributed by atoms with van der Waals surface area (Å²) >= 11 is 0. The number of piperidine rings is 1. The molecule has 3 aromatic rings. The lowest BCUT2D eigenvalue weighted by molar-refractivity contribution is -0.0855. The second kappa shape index (κ2) is 12.7. The number of aromatic nitrogens is 3. The number of nitrogens with zero attached hydrogens (tertiary/aromatic N) is 5. The smallest absolute Gasteiger partial charge is 0.276 e. The standard InChI is InChI=1S/C34H42F2N6O/c1-23-24-9-8-10-27(19-24)34(35,36)26-12-17-41(18-13-26)15-6-4-2-3-5-7-16-42-32-30(31(40-23)38-22-39-32)21-29(33(42)43)28-20-25(28)11-14-37/h8-10,19,21-23,25-26,28H,2-7,11-13,15-18,20H2,1H3,(H,38,39,40)/t23-,25?,28?/m1/s1. The summed E-state index contributed by atoms with van der Waals surface area (Å²) in [7, 11) is 0. The average molecular weight is 589 g/mol. The predicted molar refractivity (Wildman–Crippen MR) is 164 cm³/mol. The second-order valence-electron chi connectivity index (χ2n) is 12.8. The highest BCUT2D eigenvalue weighted by atomic mass is 19.3. The molecule has 1 aromatic carbocycles. The van der Waals surface area contributed by atoms with Crippen molar-refractivity contribution < 1.29 is 8.78 Å². The van der Waals surface area contributed by atoms with Gasteiger partial charge in [-0.15, -0.1) is 0 Å². The van der Waals surface area contributed by atoms with Crippen molar-refractivity contribution in [2.45, 2.75) is 95.6 Å². The Labute approximate surface area is 252 Å². The van der Waals surface area contributed by atoms with Crippen molar-refractivity contribution in [3.05, 3.63) is 63.7 Å². The predicted octanol–water partition coefficient (Wildman–Crippen LogP) is 7.14. The van der Waals surface area contributed by atoms with Crippen molar-refractivity contribution in [3.8, 4) is 6.07 Å². The molecule has 3 aliphatic heterocycles. The monoisotopic (exact) mass is 588 g/mol. The normalized spacial score (nSPS) is 27.9. The number of anilines is 1. The maximum atomic E-state index is 15.8. The number of alkyl halides is 2. The van der Waals surface area contributed by atoms with Gasteiger partial charge in [0.05, 0.1) is 11.5 Å². The van der Waals surface area contributed by atoms with Crippen LogP contribution in [-0.4, -0.2) is 39.1 Å². The van der Waals surface area contributed by atoms with E-state index >= 15 is 8.78 Å². The van der Waals surface area contributed by atoms with Crippen LogP contribution in [-0.2, 0) is 12.5 Å². The first kappa shape index (κ1) is 29.7. The zero-order valence-electron chi connectivity index (χ0n) is 25.1. The van der Waals surface area contributed by atoms with Crippen LogP contribution in [0.5, 0.6) is 0 Å². The van der Waals surface area contributed by atoms with Crippen molar-refractivity contribution in [2.75, 3.05) is 25.0 Å². The Hall–Kier alpha value is -3.38. The SMILES string of the molecule is C[C@H]1Nc2ncnc3c2cc(C2CC2CC#N)c(=O)n3CCCCCCCCN2CCC(CC2)C(F)(F)c2cccc1c2. The molecule has 7 nitrogen and oxygen atoms in total. The summed E-state index contributed by atoms with van der Waals surface area (Å²) in [5.41, 5.74) is 2.11. The Morgan fingerprint density at radius 3 is 2.53 bits per heavy atom. The maximum Gasteiger partial charge on any atom is 0.276 e. The molecule has 5 heterocycles. The summed E-state index contributed by atoms with van der Waals surface area (Å²) in [5, 5.41) is 13.4. The first-order valence-electron chi connectivity index (χ1n) is 16.1. The highest BCUT2D eigenvalue weighted by Crippen LogP contribution is 2.49. The summed E-state index contributed by atoms with van der Waals surface area (Å²) < 4.78 is 33.4. The summed E-state index contributed by atoms with van der Waals surface area (Å²) in [6.07, 6.45) is 10.1. The third-order valence-corrected chi connectivity index (χ3v) is 9.92. The number of fused-ring (bicyclic) bond motifs is 10. The third kappa shape index (κ3) is 6.31. The van der Waals surface area contributed by atoms with Gasteiger partial charge in [0.25, 0.3) is 11.5 Å². The lowest BCUT2D eigenvalue weighted by Gasteiger charge is -2.36. The van der Waals surface area contributed by atoms with Gasteiger partial charge in [-0.2, -0.15) is 5.26 Å². The average Bonchev–Trinajstić information content (AvgIpc) is 3.78. The van der Waals surface area contributed by atoms with Crippen LogP contribution >= 0.6 is 0 Å². The Kier molecular flexibility index (Phi) is 8.76. The molecule has 43 heavy (non-hydrogen) atoms. The molecule has 9 heteroatoms. The van der Waals surface area contributed by atoms with E-state index in [4.69, 9.17) is 0 Å². The van der Waals surface area contributed by atoms with Crippen molar-refractivity contribution in [1.82, 2.24) is 19.4 Å². The third-order valence-electron chi connectivity index (χ3n) is 9.92. The number of nitriles is 1. The van der Waals surface area contributed by atoms with Crippen LogP contribution in [0.15, 0.2) is 41.5 Å². The summed E-state index contributed by atoms with van der Waals surface area (Å²) in [6.45, 7) is 4.96. The molecule has 2 fully saturated rings. The molecule has 7 rings (SSSR count). The molecule has 2 aromatic heterocycles. The zero-order valence-corrected chi connectivity index (χ0v) is 25.1. The van der Waals surface area contributed by atoms with Crippen molar-refractivity contribution in [1.29, 1.82) is 5.26 Å². The van der Waals surface area contributed by atoms with Crippen LogP contribution in [0.2, 0.25) is 0 Å². The van der Waals surface area contributed by atoms with Gasteiger partial charge in [0, 0.05) is 36.1 Å². The van der Waals surface area contributed by atoms with E-state index in [0.717, 1.165) is 81.1 Å². The second-order valence-corrected chi connectivity index (χ2v) is 12.8. The number of halogens is 2. The minimum Gasteiger partial charge on any atom is -0.363 e. The molecule has 2 unspecified atom stereocenters. The number of rotatable bonds is 2. The molecular weight excluding hydrogens is 546 g/mol. The molecule has 4 aliphatic rings. The van der Waals surface area contributed by atoms with E-state index in [2.05, 4.69) is 26.3 Å². The van der Waals surface area contributed by atoms with Crippen LogP contribution < -0.4 is 10.9 Å². The van der Waals surface area contributed by atoms with Crippen LogP contribution in [0.3, 0.4) is 0 Å². The van der Waals surface area contributed by atoms with Gasteiger partial charge in [-0.25, -0.2) is 18.7 Å². The molecule has 3 atom stereocenters. The molecule has 8 bridgehead atoms. The number of pyridine rings is 1. The van der Waals surface area contributed by atoms with Crippen LogP contribution in [0.1, 0.15) is 99.8 Å². The van der Waals surface area contributed by atoms with Crippen LogP contribution in [0.4, 0.5) is 14.6 Å². The minimum absolute atomic E-state index is 0.0240. The molecule has 1 aliphatic carbocycles. The molecule has 0 radical (unpaired) electrons. The minimum atomic E-state index is -2.89. The van der Waals surface area contributed by atoms with E-state index in [1.54, 1.807) is 22.8 Å². The largest absolute Gasteiger partial charge is 0.363 e. The van der Waals surface area contributed by atoms with Crippen LogP contribution in [0, 0.1) is 23.2 Å². The number of nitrogens with one attached hydrogen (secondary N) is 1. The molecule has 0 amide bonds. The van der Waals surface area contributed by atoms with Gasteiger partial charge < -0.3 is 10.2 Å². The van der Waals surface area contributed by atoms with Crippen molar-refractivity contribution in [2.24, 2.45) is 11.8 Å². The first-order valence-corrected chi connectivity index (χ1v) is 16.1. The van der Waals surface area contributed by atoms with Crippen molar-refractivity contribution >= 4 is 16.9 Å². The van der Waals surface area contributed by atoms with E-state index < -0.39 is 11.8 Å². The van der Waals surface area contributed by atoms with Gasteiger partial charge in [0.15, 0.2) is 0 Å². The lowest BCUT2D eigenvalue weighted by atomic mass is 9.85. The maximum absolute atomic E-state index is 15.8.